The molecular formula is C22H22N2O2. The third-order valence-electron chi connectivity index (χ3n) is 4.20. The van der Waals surface area contributed by atoms with Crippen molar-refractivity contribution in [2.24, 2.45) is 0 Å². The van der Waals surface area contributed by atoms with E-state index in [1.807, 2.05) is 48.5 Å². The molecule has 3 aromatic carbocycles. The van der Waals surface area contributed by atoms with Crippen molar-refractivity contribution in [1.82, 2.24) is 0 Å². The summed E-state index contributed by atoms with van der Waals surface area (Å²) in [6, 6.07) is 26.7. The average molecular weight is 346 g/mol. The number of anilines is 2. The second-order valence-electron chi connectivity index (χ2n) is 6.16. The van der Waals surface area contributed by atoms with E-state index >= 15 is 0 Å². The molecule has 1 amide bonds. The third-order valence-corrected chi connectivity index (χ3v) is 4.20. The number of carbonyl (C=O) groups excluding carboxylic acids is 1. The van der Waals surface area contributed by atoms with E-state index in [0.717, 1.165) is 5.69 Å². The molecule has 3 rings (SSSR count). The second-order valence-corrected chi connectivity index (χ2v) is 6.16. The molecule has 2 unspecified atom stereocenters. The summed E-state index contributed by atoms with van der Waals surface area (Å²) in [6.07, 6.45) is -1.19. The van der Waals surface area contributed by atoms with E-state index in [4.69, 9.17) is 0 Å². The largest absolute Gasteiger partial charge is 0.379 e. The van der Waals surface area contributed by atoms with Gasteiger partial charge in [0.25, 0.3) is 5.91 Å². The Hall–Kier alpha value is -3.11. The molecule has 0 spiro atoms. The van der Waals surface area contributed by atoms with Crippen molar-refractivity contribution in [3.05, 3.63) is 96.1 Å². The highest BCUT2D eigenvalue weighted by Crippen LogP contribution is 2.21. The Balaban J connectivity index is 1.60. The van der Waals surface area contributed by atoms with Gasteiger partial charge in [-0.15, -0.1) is 0 Å². The van der Waals surface area contributed by atoms with Crippen LogP contribution < -0.4 is 10.6 Å². The van der Waals surface area contributed by atoms with Gasteiger partial charge in [0.15, 0.2) is 6.10 Å². The van der Waals surface area contributed by atoms with Gasteiger partial charge in [-0.3, -0.25) is 4.79 Å². The van der Waals surface area contributed by atoms with Gasteiger partial charge in [-0.25, -0.2) is 0 Å². The van der Waals surface area contributed by atoms with Crippen molar-refractivity contribution >= 4 is 17.3 Å². The summed E-state index contributed by atoms with van der Waals surface area (Å²) in [7, 11) is 0. The van der Waals surface area contributed by atoms with Crippen molar-refractivity contribution in [3.63, 3.8) is 0 Å². The van der Waals surface area contributed by atoms with Gasteiger partial charge in [0, 0.05) is 17.4 Å². The number of rotatable bonds is 6. The predicted molar refractivity (Wildman–Crippen MR) is 105 cm³/mol. The highest BCUT2D eigenvalue weighted by atomic mass is 16.3. The summed E-state index contributed by atoms with van der Waals surface area (Å²) < 4.78 is 0. The first-order chi connectivity index (χ1) is 12.6. The molecule has 3 aromatic rings. The molecule has 4 heteroatoms. The SMILES string of the molecule is CC(Nc1ccc(NC(=O)C(O)c2ccccc2)cc1)c1ccccc1. The lowest BCUT2D eigenvalue weighted by Gasteiger charge is -2.16. The zero-order valence-corrected chi connectivity index (χ0v) is 14.6. The van der Waals surface area contributed by atoms with Crippen LogP contribution in [0.15, 0.2) is 84.9 Å². The maximum atomic E-state index is 12.2. The number of benzene rings is 3. The van der Waals surface area contributed by atoms with Crippen molar-refractivity contribution in [2.75, 3.05) is 10.6 Å². The minimum Gasteiger partial charge on any atom is -0.379 e. The van der Waals surface area contributed by atoms with Crippen LogP contribution in [0.25, 0.3) is 0 Å². The van der Waals surface area contributed by atoms with Crippen LogP contribution >= 0.6 is 0 Å². The molecule has 0 heterocycles. The number of aliphatic hydroxyl groups is 1. The molecular weight excluding hydrogens is 324 g/mol. The van der Waals surface area contributed by atoms with E-state index in [9.17, 15) is 9.90 Å². The summed E-state index contributed by atoms with van der Waals surface area (Å²) >= 11 is 0. The van der Waals surface area contributed by atoms with Crippen LogP contribution in [0.4, 0.5) is 11.4 Å². The van der Waals surface area contributed by atoms with Gasteiger partial charge in [-0.1, -0.05) is 60.7 Å². The van der Waals surface area contributed by atoms with Crippen LogP contribution in [0.1, 0.15) is 30.2 Å². The van der Waals surface area contributed by atoms with Gasteiger partial charge >= 0.3 is 0 Å². The van der Waals surface area contributed by atoms with Crippen LogP contribution in [0.3, 0.4) is 0 Å². The number of hydrogen-bond acceptors (Lipinski definition) is 3. The van der Waals surface area contributed by atoms with E-state index in [0.29, 0.717) is 11.3 Å². The van der Waals surface area contributed by atoms with E-state index in [1.54, 1.807) is 24.3 Å². The van der Waals surface area contributed by atoms with Crippen molar-refractivity contribution < 1.29 is 9.90 Å². The molecule has 4 nitrogen and oxygen atoms in total. The molecule has 0 saturated carbocycles. The van der Waals surface area contributed by atoms with E-state index in [1.165, 1.54) is 5.56 Å². The van der Waals surface area contributed by atoms with Gasteiger partial charge in [0.1, 0.15) is 0 Å². The van der Waals surface area contributed by atoms with Gasteiger partial charge in [0.2, 0.25) is 0 Å². The van der Waals surface area contributed by atoms with Crippen molar-refractivity contribution in [1.29, 1.82) is 0 Å². The topological polar surface area (TPSA) is 61.4 Å². The Morgan fingerprint density at radius 1 is 0.769 bits per heavy atom. The lowest BCUT2D eigenvalue weighted by molar-refractivity contribution is -0.124. The van der Waals surface area contributed by atoms with Gasteiger partial charge in [0.05, 0.1) is 0 Å². The molecule has 2 atom stereocenters. The Bertz CT molecular complexity index is 833. The summed E-state index contributed by atoms with van der Waals surface area (Å²) in [5.74, 6) is -0.449. The van der Waals surface area contributed by atoms with Crippen LogP contribution in [-0.2, 0) is 4.79 Å². The monoisotopic (exact) mass is 346 g/mol. The van der Waals surface area contributed by atoms with Crippen LogP contribution in [0, 0.1) is 0 Å². The average Bonchev–Trinajstić information content (AvgIpc) is 2.70. The highest BCUT2D eigenvalue weighted by molar-refractivity contribution is 5.94. The number of aliphatic hydroxyl groups excluding tert-OH is 1. The highest BCUT2D eigenvalue weighted by Gasteiger charge is 2.17. The van der Waals surface area contributed by atoms with E-state index in [2.05, 4.69) is 29.7 Å². The van der Waals surface area contributed by atoms with Crippen molar-refractivity contribution in [3.8, 4) is 0 Å². The Kier molecular flexibility index (Phi) is 5.66. The zero-order chi connectivity index (χ0) is 18.4. The molecule has 0 aliphatic rings. The molecule has 0 fully saturated rings. The van der Waals surface area contributed by atoms with E-state index < -0.39 is 12.0 Å². The second kappa shape index (κ2) is 8.32. The van der Waals surface area contributed by atoms with Crippen LogP contribution in [-0.4, -0.2) is 11.0 Å². The molecule has 0 radical (unpaired) electrons. The predicted octanol–water partition coefficient (Wildman–Crippen LogP) is 4.53. The third kappa shape index (κ3) is 4.49. The summed E-state index contributed by atoms with van der Waals surface area (Å²) in [6.45, 7) is 2.10. The molecule has 0 aromatic heterocycles. The summed E-state index contributed by atoms with van der Waals surface area (Å²) in [5.41, 5.74) is 3.38. The maximum absolute atomic E-state index is 12.2. The number of amides is 1. The first-order valence-electron chi connectivity index (χ1n) is 8.59. The number of carbonyl (C=O) groups is 1. The molecule has 132 valence electrons. The fourth-order valence-corrected chi connectivity index (χ4v) is 2.72. The smallest absolute Gasteiger partial charge is 0.257 e. The first kappa shape index (κ1) is 17.7. The number of nitrogens with one attached hydrogen (secondary N) is 2. The Morgan fingerprint density at radius 2 is 1.27 bits per heavy atom. The van der Waals surface area contributed by atoms with Gasteiger partial charge < -0.3 is 15.7 Å². The van der Waals surface area contributed by atoms with Crippen LogP contribution in [0.5, 0.6) is 0 Å². The Morgan fingerprint density at radius 3 is 1.85 bits per heavy atom. The molecule has 0 bridgehead atoms. The van der Waals surface area contributed by atoms with Gasteiger partial charge in [-0.2, -0.15) is 0 Å². The van der Waals surface area contributed by atoms with E-state index in [-0.39, 0.29) is 6.04 Å². The maximum Gasteiger partial charge on any atom is 0.257 e. The first-order valence-corrected chi connectivity index (χ1v) is 8.59. The lowest BCUT2D eigenvalue weighted by atomic mass is 10.1. The normalized spacial score (nSPS) is 12.8. The van der Waals surface area contributed by atoms with Crippen molar-refractivity contribution in [2.45, 2.75) is 19.1 Å². The molecule has 0 aliphatic heterocycles. The minimum atomic E-state index is -1.19. The lowest BCUT2D eigenvalue weighted by Crippen LogP contribution is -2.20. The Labute approximate surface area is 153 Å². The molecule has 0 saturated heterocycles. The fourth-order valence-electron chi connectivity index (χ4n) is 2.72. The standard InChI is InChI=1S/C22H22N2O2/c1-16(17-8-4-2-5-9-17)23-19-12-14-20(15-13-19)24-22(26)21(25)18-10-6-3-7-11-18/h2-16,21,23,25H,1H3,(H,24,26). The molecule has 26 heavy (non-hydrogen) atoms. The zero-order valence-electron chi connectivity index (χ0n) is 14.6. The molecule has 0 aliphatic carbocycles. The quantitative estimate of drug-likeness (QED) is 0.614. The minimum absolute atomic E-state index is 0.177. The molecule has 3 N–H and O–H groups in total. The fraction of sp³-hybridized carbons (Fsp3) is 0.136. The number of hydrogen-bond donors (Lipinski definition) is 3. The summed E-state index contributed by atoms with van der Waals surface area (Å²) in [4.78, 5) is 12.2. The summed E-state index contributed by atoms with van der Waals surface area (Å²) in [5, 5.41) is 16.3. The van der Waals surface area contributed by atoms with Gasteiger partial charge in [-0.05, 0) is 42.3 Å². The van der Waals surface area contributed by atoms with Crippen LogP contribution in [0.2, 0.25) is 0 Å².